The molecule has 2 aromatic carbocycles. The highest BCUT2D eigenvalue weighted by molar-refractivity contribution is 5.87. The number of pyridine rings is 1. The first kappa shape index (κ1) is 21.4. The Kier molecular flexibility index (Phi) is 6.46. The lowest BCUT2D eigenvalue weighted by Gasteiger charge is -2.26. The molecule has 0 saturated carbocycles. The maximum absolute atomic E-state index is 6.11. The van der Waals surface area contributed by atoms with Crippen LogP contribution in [0.3, 0.4) is 0 Å². The zero-order chi connectivity index (χ0) is 22.5. The van der Waals surface area contributed by atoms with E-state index in [4.69, 9.17) is 18.9 Å². The van der Waals surface area contributed by atoms with Gasteiger partial charge in [0.15, 0.2) is 11.5 Å². The van der Waals surface area contributed by atoms with Crippen LogP contribution in [-0.4, -0.2) is 66.4 Å². The Bertz CT molecular complexity index is 1240. The summed E-state index contributed by atoms with van der Waals surface area (Å²) < 4.78 is 23.1. The highest BCUT2D eigenvalue weighted by Crippen LogP contribution is 2.36. The molecule has 0 atom stereocenters. The fourth-order valence-corrected chi connectivity index (χ4v) is 3.92. The SMILES string of the molecule is COc1cc2c(Oc3ccc4ncccc4c3)ncnc2cc1OCCCN1CCOCC1. The van der Waals surface area contributed by atoms with Gasteiger partial charge in [-0.2, -0.15) is 0 Å². The van der Waals surface area contributed by atoms with Gasteiger partial charge in [-0.25, -0.2) is 9.97 Å². The van der Waals surface area contributed by atoms with Crippen LogP contribution in [0.1, 0.15) is 6.42 Å². The van der Waals surface area contributed by atoms with Crippen molar-refractivity contribution >= 4 is 21.8 Å². The first-order chi connectivity index (χ1) is 16.3. The number of methoxy groups -OCH3 is 1. The Labute approximate surface area is 192 Å². The van der Waals surface area contributed by atoms with E-state index in [0.29, 0.717) is 29.7 Å². The number of fused-ring (bicyclic) bond motifs is 2. The molecule has 1 fully saturated rings. The largest absolute Gasteiger partial charge is 0.493 e. The molecule has 0 N–H and O–H groups in total. The summed E-state index contributed by atoms with van der Waals surface area (Å²) in [4.78, 5) is 15.5. The molecule has 0 aliphatic carbocycles. The number of morpholine rings is 1. The second-order valence-corrected chi connectivity index (χ2v) is 7.82. The molecular weight excluding hydrogens is 420 g/mol. The molecule has 0 amide bonds. The highest BCUT2D eigenvalue weighted by Gasteiger charge is 2.14. The molecule has 0 radical (unpaired) electrons. The summed E-state index contributed by atoms with van der Waals surface area (Å²) in [6.07, 6.45) is 4.19. The van der Waals surface area contributed by atoms with E-state index in [-0.39, 0.29) is 0 Å². The maximum Gasteiger partial charge on any atom is 0.230 e. The molecule has 4 aromatic rings. The first-order valence-corrected chi connectivity index (χ1v) is 11.1. The summed E-state index contributed by atoms with van der Waals surface area (Å²) >= 11 is 0. The second kappa shape index (κ2) is 9.97. The van der Waals surface area contributed by atoms with Crippen molar-refractivity contribution < 1.29 is 18.9 Å². The quantitative estimate of drug-likeness (QED) is 0.375. The molecule has 8 heteroatoms. The topological polar surface area (TPSA) is 78.8 Å². The van der Waals surface area contributed by atoms with E-state index in [1.165, 1.54) is 6.33 Å². The second-order valence-electron chi connectivity index (χ2n) is 7.82. The molecule has 2 aromatic heterocycles. The van der Waals surface area contributed by atoms with Crippen LogP contribution in [0.4, 0.5) is 0 Å². The Morgan fingerprint density at radius 2 is 1.88 bits per heavy atom. The van der Waals surface area contributed by atoms with Gasteiger partial charge in [-0.1, -0.05) is 6.07 Å². The number of rotatable bonds is 8. The van der Waals surface area contributed by atoms with Crippen molar-refractivity contribution in [1.29, 1.82) is 0 Å². The summed E-state index contributed by atoms with van der Waals surface area (Å²) in [7, 11) is 1.63. The number of aromatic nitrogens is 3. The van der Waals surface area contributed by atoms with Gasteiger partial charge in [0.1, 0.15) is 12.1 Å². The van der Waals surface area contributed by atoms with Crippen LogP contribution in [0.15, 0.2) is 55.0 Å². The number of ether oxygens (including phenoxy) is 4. The summed E-state index contributed by atoms with van der Waals surface area (Å²) in [5, 5.41) is 1.75. The lowest BCUT2D eigenvalue weighted by molar-refractivity contribution is 0.0357. The molecule has 0 unspecified atom stereocenters. The van der Waals surface area contributed by atoms with Crippen molar-refractivity contribution in [2.45, 2.75) is 6.42 Å². The fourth-order valence-electron chi connectivity index (χ4n) is 3.92. The number of benzene rings is 2. The van der Waals surface area contributed by atoms with Crippen LogP contribution < -0.4 is 14.2 Å². The Morgan fingerprint density at radius 3 is 2.76 bits per heavy atom. The minimum absolute atomic E-state index is 0.459. The molecule has 5 rings (SSSR count). The molecule has 33 heavy (non-hydrogen) atoms. The van der Waals surface area contributed by atoms with Crippen LogP contribution in [0.25, 0.3) is 21.8 Å². The van der Waals surface area contributed by atoms with Crippen LogP contribution in [0.2, 0.25) is 0 Å². The lowest BCUT2D eigenvalue weighted by atomic mass is 10.2. The van der Waals surface area contributed by atoms with Crippen LogP contribution in [0, 0.1) is 0 Å². The molecule has 3 heterocycles. The van der Waals surface area contributed by atoms with E-state index in [9.17, 15) is 0 Å². The minimum Gasteiger partial charge on any atom is -0.493 e. The monoisotopic (exact) mass is 446 g/mol. The minimum atomic E-state index is 0.459. The van der Waals surface area contributed by atoms with Gasteiger partial charge >= 0.3 is 0 Å². The van der Waals surface area contributed by atoms with Crippen molar-refractivity contribution in [2.24, 2.45) is 0 Å². The van der Waals surface area contributed by atoms with E-state index in [2.05, 4.69) is 19.9 Å². The fraction of sp³-hybridized carbons (Fsp3) is 0.320. The van der Waals surface area contributed by atoms with Gasteiger partial charge < -0.3 is 18.9 Å². The van der Waals surface area contributed by atoms with Crippen molar-refractivity contribution in [3.05, 3.63) is 55.0 Å². The van der Waals surface area contributed by atoms with E-state index < -0.39 is 0 Å². The zero-order valence-corrected chi connectivity index (χ0v) is 18.6. The third kappa shape index (κ3) is 4.97. The normalized spacial score (nSPS) is 14.5. The summed E-state index contributed by atoms with van der Waals surface area (Å²) in [6, 6.07) is 13.4. The zero-order valence-electron chi connectivity index (χ0n) is 18.6. The van der Waals surface area contributed by atoms with E-state index in [1.807, 2.05) is 42.5 Å². The summed E-state index contributed by atoms with van der Waals surface area (Å²) in [6.45, 7) is 5.15. The van der Waals surface area contributed by atoms with Crippen molar-refractivity contribution in [3.8, 4) is 23.1 Å². The lowest BCUT2D eigenvalue weighted by Crippen LogP contribution is -2.37. The van der Waals surface area contributed by atoms with Crippen molar-refractivity contribution in [1.82, 2.24) is 19.9 Å². The predicted octanol–water partition coefficient (Wildman–Crippen LogP) is 4.08. The first-order valence-electron chi connectivity index (χ1n) is 11.1. The molecular formula is C25H26N4O4. The Hall–Kier alpha value is -3.49. The van der Waals surface area contributed by atoms with Crippen molar-refractivity contribution in [3.63, 3.8) is 0 Å². The average Bonchev–Trinajstić information content (AvgIpc) is 2.87. The van der Waals surface area contributed by atoms with Crippen molar-refractivity contribution in [2.75, 3.05) is 46.6 Å². The summed E-state index contributed by atoms with van der Waals surface area (Å²) in [5.41, 5.74) is 1.64. The molecule has 8 nitrogen and oxygen atoms in total. The smallest absolute Gasteiger partial charge is 0.230 e. The molecule has 0 spiro atoms. The van der Waals surface area contributed by atoms with Crippen LogP contribution in [0.5, 0.6) is 23.1 Å². The van der Waals surface area contributed by atoms with Crippen LogP contribution >= 0.6 is 0 Å². The van der Waals surface area contributed by atoms with Gasteiger partial charge in [-0.15, -0.1) is 0 Å². The molecule has 0 bridgehead atoms. The molecule has 1 aliphatic heterocycles. The highest BCUT2D eigenvalue weighted by atomic mass is 16.5. The number of hydrogen-bond donors (Lipinski definition) is 0. The van der Waals surface area contributed by atoms with E-state index in [1.54, 1.807) is 13.3 Å². The number of nitrogens with zero attached hydrogens (tertiary/aromatic N) is 4. The van der Waals surface area contributed by atoms with Gasteiger partial charge in [0.05, 0.1) is 43.4 Å². The van der Waals surface area contributed by atoms with Gasteiger partial charge in [-0.05, 0) is 36.8 Å². The van der Waals surface area contributed by atoms with Gasteiger partial charge in [0.2, 0.25) is 5.88 Å². The maximum atomic E-state index is 6.11. The average molecular weight is 447 g/mol. The van der Waals surface area contributed by atoms with Gasteiger partial charge in [0, 0.05) is 37.3 Å². The van der Waals surface area contributed by atoms with E-state index in [0.717, 1.165) is 61.1 Å². The standard InChI is InChI=1S/C25H26N4O4/c1-30-23-15-20-22(16-24(23)32-11-3-8-29-9-12-31-13-10-29)27-17-28-25(20)33-19-5-6-21-18(14-19)4-2-7-26-21/h2,4-7,14-17H,3,8-13H2,1H3. The summed E-state index contributed by atoms with van der Waals surface area (Å²) in [5.74, 6) is 2.42. The van der Waals surface area contributed by atoms with Gasteiger partial charge in [-0.3, -0.25) is 9.88 Å². The third-order valence-electron chi connectivity index (χ3n) is 5.65. The van der Waals surface area contributed by atoms with E-state index >= 15 is 0 Å². The molecule has 1 saturated heterocycles. The Morgan fingerprint density at radius 1 is 0.970 bits per heavy atom. The molecule has 170 valence electrons. The Balaban J connectivity index is 1.33. The third-order valence-corrected chi connectivity index (χ3v) is 5.65. The van der Waals surface area contributed by atoms with Gasteiger partial charge in [0.25, 0.3) is 0 Å². The van der Waals surface area contributed by atoms with Crippen LogP contribution in [-0.2, 0) is 4.74 Å². The molecule has 1 aliphatic rings. The number of hydrogen-bond acceptors (Lipinski definition) is 8. The predicted molar refractivity (Wildman–Crippen MR) is 125 cm³/mol.